The van der Waals surface area contributed by atoms with Crippen molar-refractivity contribution in [1.29, 1.82) is 0 Å². The molecule has 0 aromatic heterocycles. The second-order valence-electron chi connectivity index (χ2n) is 2.49. The van der Waals surface area contributed by atoms with Crippen LogP contribution in [-0.4, -0.2) is 35.4 Å². The van der Waals surface area contributed by atoms with Crippen molar-refractivity contribution < 1.29 is 53.7 Å². The minimum absolute atomic E-state index is 0. The van der Waals surface area contributed by atoms with Gasteiger partial charge in [0, 0.05) is 13.0 Å². The number of hydrogen-bond acceptors (Lipinski definition) is 5. The molecule has 0 bridgehead atoms. The fourth-order valence-electron chi connectivity index (χ4n) is 1.09. The predicted molar refractivity (Wildman–Crippen MR) is 42.8 cm³/mol. The van der Waals surface area contributed by atoms with E-state index in [9.17, 15) is 4.89 Å². The van der Waals surface area contributed by atoms with Crippen LogP contribution in [0, 0.1) is 0 Å². The number of rotatable bonds is 3. The third kappa shape index (κ3) is 5.18. The van der Waals surface area contributed by atoms with Crippen LogP contribution in [0.2, 0.25) is 0 Å². The molecule has 1 heterocycles. The summed E-state index contributed by atoms with van der Waals surface area (Å²) >= 11 is 4.17. The molecule has 13 heavy (non-hydrogen) atoms. The van der Waals surface area contributed by atoms with E-state index in [1.807, 2.05) is 0 Å². The molecule has 0 radical (unpaired) electrons. The predicted octanol–water partition coefficient (Wildman–Crippen LogP) is -4.27. The van der Waals surface area contributed by atoms with E-state index < -0.39 is 18.9 Å². The van der Waals surface area contributed by atoms with Crippen LogP contribution in [0.3, 0.4) is 0 Å². The van der Waals surface area contributed by atoms with Crippen LogP contribution in [0.15, 0.2) is 0 Å². The van der Waals surface area contributed by atoms with E-state index >= 15 is 0 Å². The molecule has 0 saturated carbocycles. The van der Waals surface area contributed by atoms with E-state index in [1.54, 1.807) is 0 Å². The first-order valence-electron chi connectivity index (χ1n) is 3.47. The van der Waals surface area contributed by atoms with Gasteiger partial charge in [-0.15, -0.1) is 0 Å². The molecular weight excluding hydrogens is 226 g/mol. The average molecular weight is 236 g/mol. The van der Waals surface area contributed by atoms with Gasteiger partial charge in [-0.05, 0) is 0 Å². The first-order valence-corrected chi connectivity index (χ1v) is 6.06. The van der Waals surface area contributed by atoms with Gasteiger partial charge in [0.1, 0.15) is 12.8 Å². The molecular formula is C5H10NaO5PS. The first kappa shape index (κ1) is 14.5. The Morgan fingerprint density at radius 3 is 2.77 bits per heavy atom. The fourth-order valence-corrected chi connectivity index (χ4v) is 2.01. The zero-order chi connectivity index (χ0) is 9.19. The van der Waals surface area contributed by atoms with Gasteiger partial charge in [0.25, 0.3) is 0 Å². The van der Waals surface area contributed by atoms with Gasteiger partial charge in [-0.1, -0.05) is 11.8 Å². The Labute approximate surface area is 104 Å². The Kier molecular flexibility index (Phi) is 6.81. The molecule has 72 valence electrons. The Morgan fingerprint density at radius 2 is 2.31 bits per heavy atom. The Bertz CT molecular complexity index is 197. The summed E-state index contributed by atoms with van der Waals surface area (Å²) in [6.45, 7) is -3.67. The molecule has 1 aliphatic rings. The monoisotopic (exact) mass is 236 g/mol. The minimum atomic E-state index is -3.87. The Morgan fingerprint density at radius 1 is 1.69 bits per heavy atom. The van der Waals surface area contributed by atoms with E-state index in [2.05, 4.69) is 16.3 Å². The largest absolute Gasteiger partial charge is 1.00 e. The maximum absolute atomic E-state index is 10.6. The quantitative estimate of drug-likeness (QED) is 0.381. The van der Waals surface area contributed by atoms with E-state index in [-0.39, 0.29) is 36.2 Å². The fraction of sp³-hybridized carbons (Fsp3) is 1.00. The molecule has 1 aliphatic heterocycles. The molecule has 5 nitrogen and oxygen atoms in total. The van der Waals surface area contributed by atoms with Gasteiger partial charge < -0.3 is 24.2 Å². The zero-order valence-corrected chi connectivity index (χ0v) is 11.0. The molecule has 2 N–H and O–H groups in total. The van der Waals surface area contributed by atoms with Gasteiger partial charge >= 0.3 is 29.6 Å². The number of aliphatic hydroxyl groups excluding tert-OH is 1. The summed E-state index contributed by atoms with van der Waals surface area (Å²) in [6.07, 6.45) is -0.580. The third-order valence-electron chi connectivity index (χ3n) is 1.60. The average Bonchev–Trinajstić information content (AvgIpc) is 2.31. The van der Waals surface area contributed by atoms with E-state index in [0.717, 1.165) is 0 Å². The topological polar surface area (TPSA) is 82.0 Å². The van der Waals surface area contributed by atoms with Crippen LogP contribution in [0.5, 0.6) is 0 Å². The van der Waals surface area contributed by atoms with Crippen molar-refractivity contribution in [3.05, 3.63) is 0 Å². The summed E-state index contributed by atoms with van der Waals surface area (Å²) in [4.78, 5) is 19.3. The van der Waals surface area contributed by atoms with Gasteiger partial charge in [-0.2, -0.15) is 0 Å². The summed E-state index contributed by atoms with van der Waals surface area (Å²) in [7, 11) is 0. The number of aliphatic hydroxyl groups is 1. The molecule has 0 spiro atoms. The van der Waals surface area contributed by atoms with Gasteiger partial charge in [0.2, 0.25) is 0 Å². The van der Waals surface area contributed by atoms with Gasteiger partial charge in [0.05, 0.1) is 12.7 Å². The third-order valence-corrected chi connectivity index (χ3v) is 2.39. The molecule has 8 heteroatoms. The maximum atomic E-state index is 10.6. The van der Waals surface area contributed by atoms with Crippen molar-refractivity contribution in [2.45, 2.75) is 18.6 Å². The van der Waals surface area contributed by atoms with E-state index in [0.29, 0.717) is 13.0 Å². The smallest absolute Gasteiger partial charge is 0.780 e. The number of hydrogen-bond donors (Lipinski definition) is 2. The van der Waals surface area contributed by atoms with Crippen LogP contribution in [0.4, 0.5) is 0 Å². The summed E-state index contributed by atoms with van der Waals surface area (Å²) in [5, 5.41) is 8.72. The molecule has 3 atom stereocenters. The summed E-state index contributed by atoms with van der Waals surface area (Å²) in [5.41, 5.74) is 0. The molecule has 0 amide bonds. The maximum Gasteiger partial charge on any atom is 1.00 e. The van der Waals surface area contributed by atoms with Crippen LogP contribution in [0.1, 0.15) is 6.42 Å². The van der Waals surface area contributed by atoms with Crippen molar-refractivity contribution >= 4 is 18.5 Å². The molecule has 0 aromatic rings. The normalized spacial score (nSPS) is 32.2. The van der Waals surface area contributed by atoms with Gasteiger partial charge in [-0.25, -0.2) is 0 Å². The first-order chi connectivity index (χ1) is 5.53. The Hall–Kier alpha value is 1.45. The van der Waals surface area contributed by atoms with Crippen LogP contribution in [-0.2, 0) is 21.1 Å². The summed E-state index contributed by atoms with van der Waals surface area (Å²) in [6, 6.07) is 0. The zero-order valence-electron chi connectivity index (χ0n) is 7.25. The molecule has 1 saturated heterocycles. The number of ether oxygens (including phenoxy) is 1. The Balaban J connectivity index is 0.00000144. The molecule has 1 rings (SSSR count). The van der Waals surface area contributed by atoms with Crippen molar-refractivity contribution in [3.63, 3.8) is 0 Å². The van der Waals surface area contributed by atoms with E-state index in [4.69, 9.17) is 14.7 Å². The van der Waals surface area contributed by atoms with Gasteiger partial charge in [0.15, 0.2) is 0 Å². The SMILES string of the molecule is [Na+].[O-]P(O)(=S)O[C@H]1CCO[C@@H]1CO. The summed E-state index contributed by atoms with van der Waals surface area (Å²) in [5.74, 6) is 0. The van der Waals surface area contributed by atoms with Crippen molar-refractivity contribution in [2.75, 3.05) is 13.2 Å². The minimum Gasteiger partial charge on any atom is -0.780 e. The standard InChI is InChI=1S/C5H11O5PS.Na/c6-3-5-4(1-2-9-5)10-11(7,8)12;/h4-6H,1-3H2,(H2,7,8,12);/q;+1/p-1/t4-,5+;/m0./s1. The van der Waals surface area contributed by atoms with Crippen LogP contribution >= 0.6 is 6.72 Å². The molecule has 1 unspecified atom stereocenters. The molecule has 0 aliphatic carbocycles. The van der Waals surface area contributed by atoms with Crippen molar-refractivity contribution in [2.24, 2.45) is 0 Å². The van der Waals surface area contributed by atoms with Crippen LogP contribution < -0.4 is 34.5 Å². The second-order valence-corrected chi connectivity index (χ2v) is 5.03. The second kappa shape index (κ2) is 6.12. The van der Waals surface area contributed by atoms with E-state index in [1.165, 1.54) is 0 Å². The van der Waals surface area contributed by atoms with Crippen LogP contribution in [0.25, 0.3) is 0 Å². The molecule has 1 fully saturated rings. The van der Waals surface area contributed by atoms with Crippen molar-refractivity contribution in [3.8, 4) is 0 Å². The van der Waals surface area contributed by atoms with Crippen molar-refractivity contribution in [1.82, 2.24) is 0 Å². The summed E-state index contributed by atoms with van der Waals surface area (Å²) < 4.78 is 9.65. The molecule has 0 aromatic carbocycles. The van der Waals surface area contributed by atoms with Gasteiger partial charge in [-0.3, -0.25) is 0 Å².